The number of hydrogen-bond donors (Lipinski definition) is 0. The topological polar surface area (TPSA) is 34.9 Å². The summed E-state index contributed by atoms with van der Waals surface area (Å²) in [4.78, 5) is 12.3. The number of rotatable bonds is 2. The van der Waals surface area contributed by atoms with E-state index in [1.165, 1.54) is 5.56 Å². The molecule has 88 valence electrons. The molecular weight excluding hydrogens is 212 g/mol. The molecule has 0 aliphatic carbocycles. The molecule has 2 aromatic rings. The van der Waals surface area contributed by atoms with Crippen LogP contribution >= 0.6 is 0 Å². The van der Waals surface area contributed by atoms with Gasteiger partial charge in [0, 0.05) is 18.8 Å². The van der Waals surface area contributed by atoms with Gasteiger partial charge in [0.05, 0.1) is 0 Å². The summed E-state index contributed by atoms with van der Waals surface area (Å²) in [7, 11) is 1.81. The molecule has 0 bridgehead atoms. The van der Waals surface area contributed by atoms with Gasteiger partial charge in [-0.05, 0) is 38.0 Å². The van der Waals surface area contributed by atoms with E-state index in [1.807, 2.05) is 40.0 Å². The van der Waals surface area contributed by atoms with E-state index in [2.05, 4.69) is 5.10 Å². The van der Waals surface area contributed by atoms with Crippen molar-refractivity contribution in [1.82, 2.24) is 9.78 Å². The van der Waals surface area contributed by atoms with Gasteiger partial charge in [0.2, 0.25) is 5.78 Å². The Bertz CT molecular complexity index is 559. The van der Waals surface area contributed by atoms with Crippen LogP contribution in [-0.4, -0.2) is 15.6 Å². The molecule has 0 saturated heterocycles. The van der Waals surface area contributed by atoms with Crippen LogP contribution in [0.1, 0.15) is 32.7 Å². The Balaban J connectivity index is 2.51. The number of nitrogens with zero attached hydrogens (tertiary/aromatic N) is 2. The first-order valence-electron chi connectivity index (χ1n) is 5.61. The summed E-state index contributed by atoms with van der Waals surface area (Å²) in [6, 6.07) is 5.81. The Morgan fingerprint density at radius 2 is 1.76 bits per heavy atom. The van der Waals surface area contributed by atoms with Crippen LogP contribution in [0.15, 0.2) is 24.4 Å². The molecule has 0 spiro atoms. The minimum absolute atomic E-state index is 0.000556. The zero-order valence-electron chi connectivity index (χ0n) is 10.6. The fraction of sp³-hybridized carbons (Fsp3) is 0.286. The lowest BCUT2D eigenvalue weighted by molar-refractivity contribution is 0.103. The highest BCUT2D eigenvalue weighted by Crippen LogP contribution is 2.19. The average molecular weight is 228 g/mol. The maximum Gasteiger partial charge on any atom is 0.213 e. The Kier molecular flexibility index (Phi) is 2.84. The van der Waals surface area contributed by atoms with E-state index in [-0.39, 0.29) is 5.78 Å². The van der Waals surface area contributed by atoms with Gasteiger partial charge in [-0.15, -0.1) is 0 Å². The maximum atomic E-state index is 12.3. The number of aromatic nitrogens is 2. The molecule has 3 nitrogen and oxygen atoms in total. The SMILES string of the molecule is Cc1cc(C)c(C(=O)c2ccn(C)n2)c(C)c1. The third-order valence-electron chi connectivity index (χ3n) is 2.85. The summed E-state index contributed by atoms with van der Waals surface area (Å²) in [6.45, 7) is 5.97. The lowest BCUT2D eigenvalue weighted by Crippen LogP contribution is -2.08. The quantitative estimate of drug-likeness (QED) is 0.740. The van der Waals surface area contributed by atoms with Gasteiger partial charge in [0.25, 0.3) is 0 Å². The number of carbonyl (C=O) groups excluding carboxylic acids is 1. The van der Waals surface area contributed by atoms with Crippen LogP contribution in [0.2, 0.25) is 0 Å². The molecule has 0 amide bonds. The molecule has 0 unspecified atom stereocenters. The van der Waals surface area contributed by atoms with Gasteiger partial charge in [-0.2, -0.15) is 5.10 Å². The van der Waals surface area contributed by atoms with E-state index in [4.69, 9.17) is 0 Å². The van der Waals surface area contributed by atoms with Crippen molar-refractivity contribution in [1.29, 1.82) is 0 Å². The van der Waals surface area contributed by atoms with Crippen LogP contribution in [-0.2, 0) is 7.05 Å². The van der Waals surface area contributed by atoms with Crippen molar-refractivity contribution in [3.05, 3.63) is 52.3 Å². The van der Waals surface area contributed by atoms with Gasteiger partial charge >= 0.3 is 0 Å². The summed E-state index contributed by atoms with van der Waals surface area (Å²) in [5, 5.41) is 4.16. The fourth-order valence-corrected chi connectivity index (χ4v) is 2.20. The molecule has 0 N–H and O–H groups in total. The highest BCUT2D eigenvalue weighted by molar-refractivity contribution is 6.09. The lowest BCUT2D eigenvalue weighted by Gasteiger charge is -2.08. The minimum atomic E-state index is 0.000556. The fourth-order valence-electron chi connectivity index (χ4n) is 2.20. The second kappa shape index (κ2) is 4.17. The number of hydrogen-bond acceptors (Lipinski definition) is 2. The van der Waals surface area contributed by atoms with Gasteiger partial charge in [0.1, 0.15) is 5.69 Å². The summed E-state index contributed by atoms with van der Waals surface area (Å²) in [5.74, 6) is 0.000556. The molecule has 0 aliphatic heterocycles. The Hall–Kier alpha value is -1.90. The van der Waals surface area contributed by atoms with Gasteiger partial charge < -0.3 is 0 Å². The number of ketones is 1. The van der Waals surface area contributed by atoms with E-state index in [9.17, 15) is 4.79 Å². The van der Waals surface area contributed by atoms with Crippen LogP contribution < -0.4 is 0 Å². The summed E-state index contributed by atoms with van der Waals surface area (Å²) in [6.07, 6.45) is 1.78. The van der Waals surface area contributed by atoms with Crippen LogP contribution in [0.25, 0.3) is 0 Å². The molecule has 0 radical (unpaired) electrons. The van der Waals surface area contributed by atoms with Crippen LogP contribution in [0, 0.1) is 20.8 Å². The Morgan fingerprint density at radius 3 is 2.24 bits per heavy atom. The monoisotopic (exact) mass is 228 g/mol. The molecule has 3 heteroatoms. The molecule has 0 atom stereocenters. The summed E-state index contributed by atoms with van der Waals surface area (Å²) < 4.78 is 1.64. The summed E-state index contributed by atoms with van der Waals surface area (Å²) >= 11 is 0. The third kappa shape index (κ3) is 2.13. The molecule has 0 aliphatic rings. The molecule has 17 heavy (non-hydrogen) atoms. The number of carbonyl (C=O) groups is 1. The first-order valence-corrected chi connectivity index (χ1v) is 5.61. The molecule has 1 aromatic heterocycles. The predicted molar refractivity (Wildman–Crippen MR) is 67.3 cm³/mol. The van der Waals surface area contributed by atoms with Crippen molar-refractivity contribution < 1.29 is 4.79 Å². The smallest absolute Gasteiger partial charge is 0.213 e. The van der Waals surface area contributed by atoms with Crippen LogP contribution in [0.3, 0.4) is 0 Å². The van der Waals surface area contributed by atoms with Gasteiger partial charge in [-0.1, -0.05) is 17.7 Å². The Morgan fingerprint density at radius 1 is 1.18 bits per heavy atom. The molecule has 0 saturated carbocycles. The zero-order valence-corrected chi connectivity index (χ0v) is 10.6. The minimum Gasteiger partial charge on any atom is -0.287 e. The number of aryl methyl sites for hydroxylation is 4. The lowest BCUT2D eigenvalue weighted by atomic mass is 9.95. The zero-order chi connectivity index (χ0) is 12.6. The number of benzene rings is 1. The highest BCUT2D eigenvalue weighted by Gasteiger charge is 2.16. The van der Waals surface area contributed by atoms with Crippen molar-refractivity contribution in [2.24, 2.45) is 7.05 Å². The van der Waals surface area contributed by atoms with E-state index in [1.54, 1.807) is 16.9 Å². The standard InChI is InChI=1S/C14H16N2O/c1-9-7-10(2)13(11(3)8-9)14(17)12-5-6-16(4)15-12/h5-8H,1-4H3. The predicted octanol–water partition coefficient (Wildman–Crippen LogP) is 2.58. The van der Waals surface area contributed by atoms with Crippen molar-refractivity contribution in [2.45, 2.75) is 20.8 Å². The molecule has 1 aromatic carbocycles. The van der Waals surface area contributed by atoms with Crippen molar-refractivity contribution in [2.75, 3.05) is 0 Å². The van der Waals surface area contributed by atoms with Crippen LogP contribution in [0.5, 0.6) is 0 Å². The van der Waals surface area contributed by atoms with Gasteiger partial charge in [0.15, 0.2) is 0 Å². The van der Waals surface area contributed by atoms with Crippen molar-refractivity contribution in [3.63, 3.8) is 0 Å². The highest BCUT2D eigenvalue weighted by atomic mass is 16.1. The van der Waals surface area contributed by atoms with Gasteiger partial charge in [-0.25, -0.2) is 0 Å². The Labute approximate surface area is 101 Å². The van der Waals surface area contributed by atoms with E-state index in [0.717, 1.165) is 16.7 Å². The largest absolute Gasteiger partial charge is 0.287 e. The van der Waals surface area contributed by atoms with Gasteiger partial charge in [-0.3, -0.25) is 9.48 Å². The molecule has 2 rings (SSSR count). The first kappa shape index (κ1) is 11.6. The third-order valence-corrected chi connectivity index (χ3v) is 2.85. The van der Waals surface area contributed by atoms with E-state index >= 15 is 0 Å². The van der Waals surface area contributed by atoms with Crippen molar-refractivity contribution in [3.8, 4) is 0 Å². The average Bonchev–Trinajstić information content (AvgIpc) is 2.63. The molecule has 1 heterocycles. The van der Waals surface area contributed by atoms with Crippen LogP contribution in [0.4, 0.5) is 0 Å². The maximum absolute atomic E-state index is 12.3. The van der Waals surface area contributed by atoms with E-state index in [0.29, 0.717) is 5.69 Å². The molecular formula is C14H16N2O. The van der Waals surface area contributed by atoms with Crippen molar-refractivity contribution >= 4 is 5.78 Å². The first-order chi connectivity index (χ1) is 7.99. The molecule has 0 fully saturated rings. The van der Waals surface area contributed by atoms with E-state index < -0.39 is 0 Å². The second-order valence-electron chi connectivity index (χ2n) is 4.48. The second-order valence-corrected chi connectivity index (χ2v) is 4.48. The normalized spacial score (nSPS) is 10.6. The summed E-state index contributed by atoms with van der Waals surface area (Å²) in [5.41, 5.74) is 4.48.